The summed E-state index contributed by atoms with van der Waals surface area (Å²) in [6.07, 6.45) is 6.87. The Morgan fingerprint density at radius 3 is 2.92 bits per heavy atom. The van der Waals surface area contributed by atoms with Gasteiger partial charge in [0, 0.05) is 11.3 Å². The van der Waals surface area contributed by atoms with Gasteiger partial charge in [-0.15, -0.1) is 10.2 Å². The summed E-state index contributed by atoms with van der Waals surface area (Å²) >= 11 is 1.42. The van der Waals surface area contributed by atoms with Gasteiger partial charge in [0.2, 0.25) is 11.0 Å². The quantitative estimate of drug-likeness (QED) is 0.730. The minimum Gasteiger partial charge on any atom is -0.465 e. The molecule has 1 aliphatic heterocycles. The molecule has 1 aromatic carbocycles. The second kappa shape index (κ2) is 6.37. The maximum atomic E-state index is 6.01. The summed E-state index contributed by atoms with van der Waals surface area (Å²) in [6, 6.07) is 11.6. The molecule has 0 saturated carbocycles. The zero-order valence-electron chi connectivity index (χ0n) is 12.8. The molecule has 0 fully saturated rings. The molecule has 0 spiro atoms. The number of hydrogen-bond donors (Lipinski definition) is 1. The van der Waals surface area contributed by atoms with Crippen molar-refractivity contribution < 1.29 is 9.15 Å². The van der Waals surface area contributed by atoms with Gasteiger partial charge >= 0.3 is 0 Å². The molecule has 6 nitrogen and oxygen atoms in total. The van der Waals surface area contributed by atoms with Gasteiger partial charge in [-0.3, -0.25) is 0 Å². The maximum absolute atomic E-state index is 6.01. The van der Waals surface area contributed by atoms with Crippen LogP contribution in [0.5, 0.6) is 5.88 Å². The molecule has 0 saturated heterocycles. The number of furan rings is 1. The van der Waals surface area contributed by atoms with E-state index in [1.165, 1.54) is 11.8 Å². The van der Waals surface area contributed by atoms with Crippen molar-refractivity contribution in [2.45, 2.75) is 11.4 Å². The standard InChI is InChI=1S/C17H14N4O2S/c1-24-17-19-16-15(20-21-17)12-6-2-3-7-13(12)18-14(23-16)9-8-11-5-4-10-22-11/h2-10,14,18H,1H3/t14-/m1/s1. The van der Waals surface area contributed by atoms with Gasteiger partial charge in [0.15, 0.2) is 11.9 Å². The van der Waals surface area contributed by atoms with E-state index in [0.717, 1.165) is 17.0 Å². The van der Waals surface area contributed by atoms with Gasteiger partial charge in [-0.2, -0.15) is 4.98 Å². The summed E-state index contributed by atoms with van der Waals surface area (Å²) in [7, 11) is 0. The average molecular weight is 338 g/mol. The molecule has 1 aliphatic rings. The molecule has 120 valence electrons. The van der Waals surface area contributed by atoms with Crippen molar-refractivity contribution in [3.05, 3.63) is 54.5 Å². The summed E-state index contributed by atoms with van der Waals surface area (Å²) in [6.45, 7) is 0. The van der Waals surface area contributed by atoms with E-state index in [2.05, 4.69) is 20.5 Å². The molecule has 0 amide bonds. The molecule has 7 heteroatoms. The van der Waals surface area contributed by atoms with Gasteiger partial charge in [-0.1, -0.05) is 30.0 Å². The summed E-state index contributed by atoms with van der Waals surface area (Å²) in [4.78, 5) is 4.46. The van der Waals surface area contributed by atoms with Crippen LogP contribution in [-0.2, 0) is 0 Å². The number of hydrogen-bond acceptors (Lipinski definition) is 7. The fraction of sp³-hybridized carbons (Fsp3) is 0.118. The smallest absolute Gasteiger partial charge is 0.247 e. The highest BCUT2D eigenvalue weighted by Gasteiger charge is 2.23. The zero-order valence-corrected chi connectivity index (χ0v) is 13.7. The summed E-state index contributed by atoms with van der Waals surface area (Å²) in [5, 5.41) is 12.3. The first-order valence-corrected chi connectivity index (χ1v) is 8.59. The van der Waals surface area contributed by atoms with Crippen LogP contribution < -0.4 is 10.1 Å². The molecule has 1 atom stereocenters. The normalized spacial score (nSPS) is 16.0. The van der Waals surface area contributed by atoms with Gasteiger partial charge < -0.3 is 14.5 Å². The Labute approximate surface area is 143 Å². The lowest BCUT2D eigenvalue weighted by molar-refractivity contribution is 0.266. The van der Waals surface area contributed by atoms with Crippen molar-refractivity contribution in [2.75, 3.05) is 11.6 Å². The number of para-hydroxylation sites is 1. The van der Waals surface area contributed by atoms with Crippen molar-refractivity contribution in [2.24, 2.45) is 0 Å². The topological polar surface area (TPSA) is 73.1 Å². The Hall–Kier alpha value is -2.80. The van der Waals surface area contributed by atoms with Crippen molar-refractivity contribution in [1.29, 1.82) is 0 Å². The van der Waals surface area contributed by atoms with Crippen LogP contribution in [0.2, 0.25) is 0 Å². The fourth-order valence-corrected chi connectivity index (χ4v) is 2.71. The molecule has 0 aliphatic carbocycles. The fourth-order valence-electron chi connectivity index (χ4n) is 2.41. The molecular formula is C17H14N4O2S. The Bertz CT molecular complexity index is 880. The van der Waals surface area contributed by atoms with Gasteiger partial charge in [0.25, 0.3) is 0 Å². The SMILES string of the molecule is CSc1nnc2c(n1)O[C@H](C=Cc1ccco1)Nc1ccccc1-2. The van der Waals surface area contributed by atoms with E-state index in [1.54, 1.807) is 6.26 Å². The Morgan fingerprint density at radius 2 is 2.08 bits per heavy atom. The average Bonchev–Trinajstić information content (AvgIpc) is 3.08. The van der Waals surface area contributed by atoms with Gasteiger partial charge in [-0.25, -0.2) is 0 Å². The molecule has 0 bridgehead atoms. The first-order chi connectivity index (χ1) is 11.8. The van der Waals surface area contributed by atoms with Crippen LogP contribution in [0.1, 0.15) is 5.76 Å². The first-order valence-electron chi connectivity index (χ1n) is 7.36. The Kier molecular flexibility index (Phi) is 3.92. The summed E-state index contributed by atoms with van der Waals surface area (Å²) < 4.78 is 11.3. The number of thioether (sulfide) groups is 1. The van der Waals surface area contributed by atoms with Crippen LogP contribution in [-0.4, -0.2) is 27.7 Å². The number of rotatable bonds is 3. The number of nitrogens with zero attached hydrogens (tertiary/aromatic N) is 3. The number of anilines is 1. The van der Waals surface area contributed by atoms with Gasteiger partial charge in [0.05, 0.1) is 6.26 Å². The van der Waals surface area contributed by atoms with E-state index in [0.29, 0.717) is 16.7 Å². The first kappa shape index (κ1) is 14.8. The minimum atomic E-state index is -0.399. The lowest BCUT2D eigenvalue weighted by atomic mass is 10.1. The van der Waals surface area contributed by atoms with Crippen molar-refractivity contribution in [3.8, 4) is 17.1 Å². The number of ether oxygens (including phenoxy) is 1. The van der Waals surface area contributed by atoms with Gasteiger partial charge in [-0.05, 0) is 36.6 Å². The number of benzene rings is 1. The third kappa shape index (κ3) is 2.85. The molecule has 24 heavy (non-hydrogen) atoms. The van der Waals surface area contributed by atoms with Gasteiger partial charge in [0.1, 0.15) is 5.76 Å². The number of aromatic nitrogens is 3. The predicted octanol–water partition coefficient (Wildman–Crippen LogP) is 3.70. The second-order valence-corrected chi connectivity index (χ2v) is 5.83. The minimum absolute atomic E-state index is 0.399. The third-order valence-electron chi connectivity index (χ3n) is 3.51. The van der Waals surface area contributed by atoms with Crippen LogP contribution in [0, 0.1) is 0 Å². The van der Waals surface area contributed by atoms with E-state index in [9.17, 15) is 0 Å². The van der Waals surface area contributed by atoms with E-state index >= 15 is 0 Å². The highest BCUT2D eigenvalue weighted by atomic mass is 32.2. The van der Waals surface area contributed by atoms with E-state index < -0.39 is 6.23 Å². The van der Waals surface area contributed by atoms with E-state index in [-0.39, 0.29) is 0 Å². The Balaban J connectivity index is 1.75. The second-order valence-electron chi connectivity index (χ2n) is 5.06. The van der Waals surface area contributed by atoms with Crippen LogP contribution in [0.3, 0.4) is 0 Å². The van der Waals surface area contributed by atoms with Crippen molar-refractivity contribution in [3.63, 3.8) is 0 Å². The predicted molar refractivity (Wildman–Crippen MR) is 92.8 cm³/mol. The number of nitrogens with one attached hydrogen (secondary N) is 1. The number of fused-ring (bicyclic) bond motifs is 3. The third-order valence-corrected chi connectivity index (χ3v) is 4.05. The van der Waals surface area contributed by atoms with E-state index in [4.69, 9.17) is 9.15 Å². The van der Waals surface area contributed by atoms with Crippen molar-refractivity contribution >= 4 is 23.5 Å². The monoisotopic (exact) mass is 338 g/mol. The van der Waals surface area contributed by atoms with Crippen LogP contribution in [0.15, 0.2) is 58.3 Å². The largest absolute Gasteiger partial charge is 0.465 e. The Morgan fingerprint density at radius 1 is 1.17 bits per heavy atom. The van der Waals surface area contributed by atoms with Crippen molar-refractivity contribution in [1.82, 2.24) is 15.2 Å². The molecule has 2 aromatic heterocycles. The molecule has 0 unspecified atom stereocenters. The molecule has 4 rings (SSSR count). The highest BCUT2D eigenvalue weighted by Crippen LogP contribution is 2.36. The lowest BCUT2D eigenvalue weighted by Gasteiger charge is -2.15. The zero-order chi connectivity index (χ0) is 16.4. The molecular weight excluding hydrogens is 324 g/mol. The lowest BCUT2D eigenvalue weighted by Crippen LogP contribution is -2.23. The summed E-state index contributed by atoms with van der Waals surface area (Å²) in [5.41, 5.74) is 2.46. The summed E-state index contributed by atoms with van der Waals surface area (Å²) in [5.74, 6) is 1.21. The van der Waals surface area contributed by atoms with Crippen LogP contribution >= 0.6 is 11.8 Å². The molecule has 3 aromatic rings. The molecule has 1 N–H and O–H groups in total. The molecule has 0 radical (unpaired) electrons. The maximum Gasteiger partial charge on any atom is 0.247 e. The van der Waals surface area contributed by atoms with Crippen LogP contribution in [0.4, 0.5) is 5.69 Å². The highest BCUT2D eigenvalue weighted by molar-refractivity contribution is 7.98. The van der Waals surface area contributed by atoms with Crippen LogP contribution in [0.25, 0.3) is 17.3 Å². The molecule has 3 heterocycles. The van der Waals surface area contributed by atoms with E-state index in [1.807, 2.05) is 54.8 Å².